The van der Waals surface area contributed by atoms with Gasteiger partial charge in [0.2, 0.25) is 0 Å². The molecule has 4 atom stereocenters. The first-order chi connectivity index (χ1) is 10.1. The summed E-state index contributed by atoms with van der Waals surface area (Å²) in [5, 5.41) is 13.4. The Labute approximate surface area is 122 Å². The van der Waals surface area contributed by atoms with E-state index in [1.165, 1.54) is 0 Å². The topological polar surface area (TPSA) is 66.4 Å². The molecule has 3 aliphatic rings. The van der Waals surface area contributed by atoms with Crippen molar-refractivity contribution in [2.45, 2.75) is 24.9 Å². The van der Waals surface area contributed by atoms with Crippen LogP contribution in [0.3, 0.4) is 0 Å². The molecule has 2 bridgehead atoms. The second-order valence-electron chi connectivity index (χ2n) is 6.39. The van der Waals surface area contributed by atoms with E-state index in [4.69, 9.17) is 0 Å². The highest BCUT2D eigenvalue weighted by molar-refractivity contribution is 6.07. The molecule has 1 fully saturated rings. The van der Waals surface area contributed by atoms with Crippen LogP contribution in [0.2, 0.25) is 0 Å². The summed E-state index contributed by atoms with van der Waals surface area (Å²) in [5.41, 5.74) is -0.591. The fourth-order valence-electron chi connectivity index (χ4n) is 4.01. The van der Waals surface area contributed by atoms with Gasteiger partial charge in [0.15, 0.2) is 5.60 Å². The summed E-state index contributed by atoms with van der Waals surface area (Å²) in [5.74, 6) is 0.274. The van der Waals surface area contributed by atoms with Crippen molar-refractivity contribution in [2.75, 3.05) is 5.32 Å². The standard InChI is InChI=1S/C17H17NO3/c19-15(12-8-10-5-6-11(12)7-10)9-17(21)13-3-1-2-4-14(13)18-16(17)20/h1-6,10-12,21H,7-9H2,(H,18,20)/t10-,11-,12-,17-/m0/s1. The number of nitrogens with one attached hydrogen (secondary N) is 1. The first-order valence-corrected chi connectivity index (χ1v) is 7.42. The van der Waals surface area contributed by atoms with E-state index < -0.39 is 11.5 Å². The van der Waals surface area contributed by atoms with E-state index in [0.717, 1.165) is 12.8 Å². The molecule has 4 rings (SSSR count). The fraction of sp³-hybridized carbons (Fsp3) is 0.412. The number of ketones is 1. The highest BCUT2D eigenvalue weighted by Gasteiger charge is 2.49. The number of hydrogen-bond donors (Lipinski definition) is 2. The van der Waals surface area contributed by atoms with Crippen LogP contribution in [-0.4, -0.2) is 16.8 Å². The van der Waals surface area contributed by atoms with Crippen LogP contribution in [0.25, 0.3) is 0 Å². The molecule has 2 aliphatic carbocycles. The number of rotatable bonds is 3. The SMILES string of the molecule is O=C(C[C@@]1(O)C(=O)Nc2ccccc21)[C@H]1C[C@H]2C=C[C@H]1C2. The normalized spacial score (nSPS) is 35.9. The third kappa shape index (κ3) is 1.79. The predicted octanol–water partition coefficient (Wildman–Crippen LogP) is 2.00. The molecule has 0 radical (unpaired) electrons. The predicted molar refractivity (Wildman–Crippen MR) is 77.4 cm³/mol. The molecular weight excluding hydrogens is 266 g/mol. The van der Waals surface area contributed by atoms with Gasteiger partial charge in [0.1, 0.15) is 5.78 Å². The molecule has 1 aliphatic heterocycles. The van der Waals surface area contributed by atoms with Gasteiger partial charge in [-0.3, -0.25) is 9.59 Å². The summed E-state index contributed by atoms with van der Waals surface area (Å²) in [7, 11) is 0. The van der Waals surface area contributed by atoms with E-state index in [0.29, 0.717) is 23.1 Å². The minimum Gasteiger partial charge on any atom is -0.375 e. The summed E-state index contributed by atoms with van der Waals surface area (Å²) in [6, 6.07) is 7.03. The van der Waals surface area contributed by atoms with E-state index in [1.54, 1.807) is 24.3 Å². The maximum Gasteiger partial charge on any atom is 0.261 e. The highest BCUT2D eigenvalue weighted by atomic mass is 16.3. The molecule has 0 saturated heterocycles. The molecule has 0 aromatic heterocycles. The average Bonchev–Trinajstić information content (AvgIpc) is 3.15. The van der Waals surface area contributed by atoms with Crippen molar-refractivity contribution in [3.05, 3.63) is 42.0 Å². The number of amides is 1. The maximum atomic E-state index is 12.6. The summed E-state index contributed by atoms with van der Waals surface area (Å²) in [6.45, 7) is 0. The van der Waals surface area contributed by atoms with Gasteiger partial charge in [-0.25, -0.2) is 0 Å². The van der Waals surface area contributed by atoms with Crippen LogP contribution in [0.1, 0.15) is 24.8 Å². The lowest BCUT2D eigenvalue weighted by Gasteiger charge is -2.24. The number of allylic oxidation sites excluding steroid dienone is 2. The number of benzene rings is 1. The molecular formula is C17H17NO3. The number of para-hydroxylation sites is 1. The first-order valence-electron chi connectivity index (χ1n) is 7.42. The van der Waals surface area contributed by atoms with Gasteiger partial charge in [-0.15, -0.1) is 0 Å². The second kappa shape index (κ2) is 4.28. The van der Waals surface area contributed by atoms with E-state index in [1.807, 2.05) is 0 Å². The first kappa shape index (κ1) is 12.8. The van der Waals surface area contributed by atoms with Crippen LogP contribution in [0.4, 0.5) is 5.69 Å². The minimum atomic E-state index is -1.71. The highest BCUT2D eigenvalue weighted by Crippen LogP contribution is 2.46. The van der Waals surface area contributed by atoms with Crippen molar-refractivity contribution in [1.29, 1.82) is 0 Å². The molecule has 4 heteroatoms. The molecule has 1 heterocycles. The Bertz CT molecular complexity index is 666. The molecule has 4 nitrogen and oxygen atoms in total. The van der Waals surface area contributed by atoms with Crippen molar-refractivity contribution in [2.24, 2.45) is 17.8 Å². The zero-order valence-electron chi connectivity index (χ0n) is 11.6. The Morgan fingerprint density at radius 2 is 2.10 bits per heavy atom. The smallest absolute Gasteiger partial charge is 0.261 e. The fourth-order valence-corrected chi connectivity index (χ4v) is 4.01. The average molecular weight is 283 g/mol. The van der Waals surface area contributed by atoms with Gasteiger partial charge in [-0.2, -0.15) is 0 Å². The van der Waals surface area contributed by atoms with E-state index >= 15 is 0 Å². The van der Waals surface area contributed by atoms with Crippen molar-refractivity contribution in [1.82, 2.24) is 0 Å². The van der Waals surface area contributed by atoms with Gasteiger partial charge in [-0.1, -0.05) is 30.4 Å². The van der Waals surface area contributed by atoms with Gasteiger partial charge in [0, 0.05) is 23.6 Å². The molecule has 108 valence electrons. The molecule has 21 heavy (non-hydrogen) atoms. The van der Waals surface area contributed by atoms with Crippen LogP contribution in [-0.2, 0) is 15.2 Å². The number of aliphatic hydroxyl groups is 1. The lowest BCUT2D eigenvalue weighted by molar-refractivity contribution is -0.141. The van der Waals surface area contributed by atoms with Gasteiger partial charge in [0.05, 0.1) is 0 Å². The van der Waals surface area contributed by atoms with Gasteiger partial charge >= 0.3 is 0 Å². The molecule has 1 amide bonds. The van der Waals surface area contributed by atoms with Crippen LogP contribution in [0, 0.1) is 17.8 Å². The molecule has 2 N–H and O–H groups in total. The lowest BCUT2D eigenvalue weighted by atomic mass is 9.81. The lowest BCUT2D eigenvalue weighted by Crippen LogP contribution is -2.38. The summed E-state index contributed by atoms with van der Waals surface area (Å²) in [6.07, 6.45) is 6.07. The maximum absolute atomic E-state index is 12.6. The van der Waals surface area contributed by atoms with E-state index in [9.17, 15) is 14.7 Å². The largest absolute Gasteiger partial charge is 0.375 e. The number of carbonyl (C=O) groups is 2. The van der Waals surface area contributed by atoms with Crippen LogP contribution < -0.4 is 5.32 Å². The van der Waals surface area contributed by atoms with Crippen molar-refractivity contribution < 1.29 is 14.7 Å². The zero-order valence-corrected chi connectivity index (χ0v) is 11.6. The number of anilines is 1. The Balaban J connectivity index is 1.60. The molecule has 1 aromatic rings. The number of carbonyl (C=O) groups excluding carboxylic acids is 2. The molecule has 1 aromatic carbocycles. The third-order valence-electron chi connectivity index (χ3n) is 5.12. The molecule has 0 unspecified atom stereocenters. The van der Waals surface area contributed by atoms with Crippen LogP contribution >= 0.6 is 0 Å². The van der Waals surface area contributed by atoms with E-state index in [2.05, 4.69) is 17.5 Å². The Hall–Kier alpha value is -1.94. The molecule has 1 saturated carbocycles. The number of fused-ring (bicyclic) bond motifs is 3. The van der Waals surface area contributed by atoms with Gasteiger partial charge in [0.25, 0.3) is 5.91 Å². The number of hydrogen-bond acceptors (Lipinski definition) is 3. The van der Waals surface area contributed by atoms with Gasteiger partial charge < -0.3 is 10.4 Å². The summed E-state index contributed by atoms with van der Waals surface area (Å²) in [4.78, 5) is 24.7. The van der Waals surface area contributed by atoms with Crippen LogP contribution in [0.15, 0.2) is 36.4 Å². The minimum absolute atomic E-state index is 0.00111. The van der Waals surface area contributed by atoms with Crippen molar-refractivity contribution in [3.8, 4) is 0 Å². The quantitative estimate of drug-likeness (QED) is 0.834. The Morgan fingerprint density at radius 1 is 1.29 bits per heavy atom. The van der Waals surface area contributed by atoms with Crippen molar-refractivity contribution in [3.63, 3.8) is 0 Å². The Morgan fingerprint density at radius 3 is 2.81 bits per heavy atom. The number of Topliss-reactive ketones (excluding diaryl/α,β-unsaturated/α-hetero) is 1. The van der Waals surface area contributed by atoms with Crippen LogP contribution in [0.5, 0.6) is 0 Å². The second-order valence-corrected chi connectivity index (χ2v) is 6.39. The van der Waals surface area contributed by atoms with Crippen molar-refractivity contribution >= 4 is 17.4 Å². The summed E-state index contributed by atoms with van der Waals surface area (Å²) < 4.78 is 0. The monoisotopic (exact) mass is 283 g/mol. The Kier molecular flexibility index (Phi) is 2.60. The van der Waals surface area contributed by atoms with E-state index in [-0.39, 0.29) is 18.1 Å². The third-order valence-corrected chi connectivity index (χ3v) is 5.12. The molecule has 0 spiro atoms. The summed E-state index contributed by atoms with van der Waals surface area (Å²) >= 11 is 0. The van der Waals surface area contributed by atoms with Gasteiger partial charge in [-0.05, 0) is 30.7 Å². The zero-order chi connectivity index (χ0) is 14.6.